The van der Waals surface area contributed by atoms with Crippen molar-refractivity contribution >= 4 is 34.5 Å². The van der Waals surface area contributed by atoms with Gasteiger partial charge in [0.2, 0.25) is 0 Å². The maximum absolute atomic E-state index is 12.7. The van der Waals surface area contributed by atoms with Crippen molar-refractivity contribution in [2.75, 3.05) is 51.2 Å². The van der Waals surface area contributed by atoms with Crippen LogP contribution >= 0.6 is 11.3 Å². The molecular weight excluding hydrogens is 458 g/mol. The Bertz CT molecular complexity index is 1190. The van der Waals surface area contributed by atoms with Gasteiger partial charge in [-0.05, 0) is 24.8 Å². The molecule has 0 radical (unpaired) electrons. The van der Waals surface area contributed by atoms with Crippen molar-refractivity contribution in [3.8, 4) is 0 Å². The number of fused-ring (bicyclic) bond motifs is 1. The van der Waals surface area contributed by atoms with Crippen LogP contribution in [0.3, 0.4) is 0 Å². The molecule has 2 aromatic rings. The molecule has 1 amide bonds. The summed E-state index contributed by atoms with van der Waals surface area (Å²) in [7, 11) is 2.15. The lowest BCUT2D eigenvalue weighted by atomic mass is 10.1. The zero-order chi connectivity index (χ0) is 24.0. The summed E-state index contributed by atoms with van der Waals surface area (Å²) in [4.78, 5) is 31.2. The minimum Gasteiger partial charge on any atom is -0.369 e. The molecule has 9 heteroatoms. The first kappa shape index (κ1) is 23.6. The standard InChI is InChI=1S/C26H31N7OS/c1-32-12-14-33(15-13-32)23-9-5-2-6-19(23)16-28-26(34)22-18-35-25(31-22)10-11-27-17-24-29-20-7-3-4-8-21(20)30-24/h2-7,9,18,27H,8,10-17H2,1H3,(H,28,34). The van der Waals surface area contributed by atoms with Crippen LogP contribution in [0.25, 0.3) is 0 Å². The number of hydrogen-bond donors (Lipinski definition) is 2. The number of likely N-dealkylation sites (N-methyl/N-ethyl adjacent to an activating group) is 1. The van der Waals surface area contributed by atoms with Crippen LogP contribution in [-0.2, 0) is 13.0 Å². The van der Waals surface area contributed by atoms with Gasteiger partial charge in [-0.15, -0.1) is 11.3 Å². The summed E-state index contributed by atoms with van der Waals surface area (Å²) in [6, 6.07) is 8.33. The summed E-state index contributed by atoms with van der Waals surface area (Å²) < 4.78 is 0. The van der Waals surface area contributed by atoms with E-state index in [0.29, 0.717) is 18.8 Å². The van der Waals surface area contributed by atoms with Crippen LogP contribution in [0.1, 0.15) is 27.5 Å². The van der Waals surface area contributed by atoms with E-state index in [1.54, 1.807) is 0 Å². The Morgan fingerprint density at radius 2 is 1.97 bits per heavy atom. The molecule has 35 heavy (non-hydrogen) atoms. The fourth-order valence-electron chi connectivity index (χ4n) is 4.35. The molecule has 182 valence electrons. The molecule has 2 N–H and O–H groups in total. The summed E-state index contributed by atoms with van der Waals surface area (Å²) in [5.74, 6) is 0.695. The molecule has 1 saturated heterocycles. The normalized spacial score (nSPS) is 17.6. The Morgan fingerprint density at radius 1 is 1.11 bits per heavy atom. The van der Waals surface area contributed by atoms with E-state index in [0.717, 1.165) is 73.4 Å². The van der Waals surface area contributed by atoms with Crippen molar-refractivity contribution in [3.05, 3.63) is 69.8 Å². The number of nitrogens with zero attached hydrogens (tertiary/aromatic N) is 5. The number of piperazine rings is 1. The van der Waals surface area contributed by atoms with E-state index in [4.69, 9.17) is 0 Å². The Kier molecular flexibility index (Phi) is 7.46. The van der Waals surface area contributed by atoms with Crippen LogP contribution in [0.15, 0.2) is 63.6 Å². The van der Waals surface area contributed by atoms with Crippen LogP contribution < -0.4 is 15.5 Å². The largest absolute Gasteiger partial charge is 0.369 e. The molecule has 0 atom stereocenters. The highest BCUT2D eigenvalue weighted by atomic mass is 32.1. The number of rotatable bonds is 9. The Hall–Kier alpha value is -3.14. The molecule has 1 fully saturated rings. The number of carbonyl (C=O) groups is 1. The van der Waals surface area contributed by atoms with Crippen LogP contribution in [0.5, 0.6) is 0 Å². The SMILES string of the molecule is CN1CCN(c2ccccc2CNC(=O)c2csc(CCNCC3=NC4=CC=CCC4=N3)n2)CC1. The number of benzene rings is 1. The highest BCUT2D eigenvalue weighted by Gasteiger charge is 2.18. The first-order valence-electron chi connectivity index (χ1n) is 12.1. The van der Waals surface area contributed by atoms with Crippen molar-refractivity contribution < 1.29 is 4.79 Å². The molecule has 1 aromatic carbocycles. The van der Waals surface area contributed by atoms with Gasteiger partial charge in [0, 0.05) is 63.2 Å². The third kappa shape index (κ3) is 5.93. The van der Waals surface area contributed by atoms with Gasteiger partial charge in [-0.25, -0.2) is 15.0 Å². The molecule has 0 spiro atoms. The molecule has 0 unspecified atom stereocenters. The fourth-order valence-corrected chi connectivity index (χ4v) is 5.13. The second-order valence-electron chi connectivity index (χ2n) is 8.93. The van der Waals surface area contributed by atoms with E-state index in [-0.39, 0.29) is 5.91 Å². The van der Waals surface area contributed by atoms with Crippen molar-refractivity contribution in [2.45, 2.75) is 19.4 Å². The summed E-state index contributed by atoms with van der Waals surface area (Å²) in [6.07, 6.45) is 7.73. The average Bonchev–Trinajstić information content (AvgIpc) is 3.53. The number of aliphatic imine (C=N–C) groups is 2. The molecule has 1 aliphatic carbocycles. The molecule has 5 rings (SSSR count). The van der Waals surface area contributed by atoms with E-state index in [2.05, 4.69) is 66.7 Å². The van der Waals surface area contributed by atoms with Gasteiger partial charge >= 0.3 is 0 Å². The Labute approximate surface area is 210 Å². The highest BCUT2D eigenvalue weighted by molar-refractivity contribution is 7.09. The number of aromatic nitrogens is 1. The third-order valence-electron chi connectivity index (χ3n) is 6.37. The average molecular weight is 490 g/mol. The number of carbonyl (C=O) groups excluding carboxylic acids is 1. The molecule has 0 bridgehead atoms. The number of amides is 1. The second-order valence-corrected chi connectivity index (χ2v) is 9.87. The lowest BCUT2D eigenvalue weighted by Gasteiger charge is -2.35. The lowest BCUT2D eigenvalue weighted by molar-refractivity contribution is 0.0946. The predicted molar refractivity (Wildman–Crippen MR) is 143 cm³/mol. The number of nitrogens with one attached hydrogen (secondary N) is 2. The molecule has 8 nitrogen and oxygen atoms in total. The minimum absolute atomic E-state index is 0.130. The second kappa shape index (κ2) is 11.1. The van der Waals surface area contributed by atoms with E-state index in [1.165, 1.54) is 17.0 Å². The highest BCUT2D eigenvalue weighted by Crippen LogP contribution is 2.22. The third-order valence-corrected chi connectivity index (χ3v) is 7.28. The molecule has 3 heterocycles. The number of amidine groups is 1. The Morgan fingerprint density at radius 3 is 2.83 bits per heavy atom. The van der Waals surface area contributed by atoms with E-state index in [1.807, 2.05) is 23.6 Å². The minimum atomic E-state index is -0.130. The quantitative estimate of drug-likeness (QED) is 0.529. The first-order chi connectivity index (χ1) is 17.2. The maximum atomic E-state index is 12.7. The van der Waals surface area contributed by atoms with Gasteiger partial charge < -0.3 is 20.4 Å². The first-order valence-corrected chi connectivity index (χ1v) is 13.0. The van der Waals surface area contributed by atoms with Crippen LogP contribution in [-0.4, -0.2) is 73.7 Å². The summed E-state index contributed by atoms with van der Waals surface area (Å²) in [5, 5.41) is 9.23. The Balaban J connectivity index is 1.08. The summed E-state index contributed by atoms with van der Waals surface area (Å²) in [5.41, 5.74) is 4.85. The molecular formula is C26H31N7OS. The van der Waals surface area contributed by atoms with Gasteiger partial charge in [0.15, 0.2) is 0 Å². The van der Waals surface area contributed by atoms with Gasteiger partial charge in [-0.3, -0.25) is 4.79 Å². The number of anilines is 1. The summed E-state index contributed by atoms with van der Waals surface area (Å²) >= 11 is 1.52. The monoisotopic (exact) mass is 489 g/mol. The van der Waals surface area contributed by atoms with Gasteiger partial charge in [0.1, 0.15) is 11.5 Å². The smallest absolute Gasteiger partial charge is 0.271 e. The van der Waals surface area contributed by atoms with Crippen LogP contribution in [0, 0.1) is 0 Å². The lowest BCUT2D eigenvalue weighted by Crippen LogP contribution is -2.45. The molecule has 3 aliphatic rings. The number of allylic oxidation sites excluding steroid dienone is 4. The topological polar surface area (TPSA) is 85.2 Å². The van der Waals surface area contributed by atoms with Gasteiger partial charge in [-0.2, -0.15) is 0 Å². The summed E-state index contributed by atoms with van der Waals surface area (Å²) in [6.45, 7) is 5.98. The molecule has 0 saturated carbocycles. The van der Waals surface area contributed by atoms with Crippen molar-refractivity contribution in [1.29, 1.82) is 0 Å². The zero-order valence-electron chi connectivity index (χ0n) is 20.0. The predicted octanol–water partition coefficient (Wildman–Crippen LogP) is 2.65. The number of hydrogen-bond acceptors (Lipinski definition) is 8. The zero-order valence-corrected chi connectivity index (χ0v) is 20.9. The molecule has 1 aromatic heterocycles. The van der Waals surface area contributed by atoms with Gasteiger partial charge in [-0.1, -0.05) is 30.4 Å². The van der Waals surface area contributed by atoms with Crippen LogP contribution in [0.2, 0.25) is 0 Å². The fraction of sp³-hybridized carbons (Fsp3) is 0.385. The number of para-hydroxylation sites is 1. The molecule has 2 aliphatic heterocycles. The van der Waals surface area contributed by atoms with Gasteiger partial charge in [0.05, 0.1) is 23.0 Å². The van der Waals surface area contributed by atoms with E-state index >= 15 is 0 Å². The number of thiazole rings is 1. The van der Waals surface area contributed by atoms with Crippen molar-refractivity contribution in [3.63, 3.8) is 0 Å². The van der Waals surface area contributed by atoms with E-state index < -0.39 is 0 Å². The maximum Gasteiger partial charge on any atom is 0.271 e. The van der Waals surface area contributed by atoms with Crippen molar-refractivity contribution in [1.82, 2.24) is 20.5 Å². The van der Waals surface area contributed by atoms with Crippen LogP contribution in [0.4, 0.5) is 5.69 Å². The van der Waals surface area contributed by atoms with Crippen molar-refractivity contribution in [2.24, 2.45) is 9.98 Å². The van der Waals surface area contributed by atoms with E-state index in [9.17, 15) is 4.79 Å². The van der Waals surface area contributed by atoms with Gasteiger partial charge in [0.25, 0.3) is 5.91 Å².